The monoisotopic (exact) mass is 240 g/mol. The molecule has 0 atom stereocenters. The Hall–Kier alpha value is -1.76. The lowest BCUT2D eigenvalue weighted by atomic mass is 9.77. The summed E-state index contributed by atoms with van der Waals surface area (Å²) in [5.74, 6) is 0.368. The molecule has 0 fully saturated rings. The number of aromatic hydroxyl groups is 1. The van der Waals surface area contributed by atoms with Crippen LogP contribution in [0.2, 0.25) is 0 Å². The fourth-order valence-corrected chi connectivity index (χ4v) is 2.34. The summed E-state index contributed by atoms with van der Waals surface area (Å²) in [5.41, 5.74) is 4.43. The number of benzene rings is 2. The van der Waals surface area contributed by atoms with E-state index in [9.17, 15) is 5.11 Å². The molecule has 0 aliphatic carbocycles. The molecule has 0 spiro atoms. The normalized spacial score (nSPS) is 11.6. The van der Waals surface area contributed by atoms with E-state index in [4.69, 9.17) is 0 Å². The lowest BCUT2D eigenvalue weighted by molar-refractivity contribution is 0.453. The van der Waals surface area contributed by atoms with E-state index in [1.54, 1.807) is 6.07 Å². The molecule has 0 radical (unpaired) electrons. The van der Waals surface area contributed by atoms with E-state index in [1.807, 2.05) is 6.07 Å². The molecule has 18 heavy (non-hydrogen) atoms. The molecule has 0 aromatic heterocycles. The van der Waals surface area contributed by atoms with Gasteiger partial charge in [0.05, 0.1) is 0 Å². The Morgan fingerprint density at radius 2 is 1.56 bits per heavy atom. The van der Waals surface area contributed by atoms with E-state index in [0.717, 1.165) is 5.56 Å². The molecule has 1 heteroatoms. The molecular weight excluding hydrogens is 220 g/mol. The van der Waals surface area contributed by atoms with Gasteiger partial charge in [0.15, 0.2) is 0 Å². The van der Waals surface area contributed by atoms with Gasteiger partial charge in [-0.3, -0.25) is 0 Å². The second-order valence-electron chi connectivity index (χ2n) is 5.52. The lowest BCUT2D eigenvalue weighted by Crippen LogP contribution is -2.19. The van der Waals surface area contributed by atoms with Crippen molar-refractivity contribution < 1.29 is 5.11 Å². The maximum atomic E-state index is 10.1. The minimum atomic E-state index is -0.192. The van der Waals surface area contributed by atoms with Crippen LogP contribution in [0, 0.1) is 13.8 Å². The SMILES string of the molecule is Cc1cccc(C(C)(C)c2cc(C)ccc2O)c1. The summed E-state index contributed by atoms with van der Waals surface area (Å²) in [7, 11) is 0. The van der Waals surface area contributed by atoms with E-state index in [1.165, 1.54) is 16.7 Å². The van der Waals surface area contributed by atoms with Gasteiger partial charge in [0.1, 0.15) is 5.75 Å². The molecule has 1 N–H and O–H groups in total. The molecular formula is C17H20O. The van der Waals surface area contributed by atoms with Crippen LogP contribution in [-0.2, 0) is 5.41 Å². The maximum absolute atomic E-state index is 10.1. The van der Waals surface area contributed by atoms with Crippen LogP contribution < -0.4 is 0 Å². The third-order valence-electron chi connectivity index (χ3n) is 3.57. The van der Waals surface area contributed by atoms with Crippen LogP contribution in [0.5, 0.6) is 5.75 Å². The zero-order chi connectivity index (χ0) is 13.3. The van der Waals surface area contributed by atoms with E-state index in [-0.39, 0.29) is 5.41 Å². The first kappa shape index (κ1) is 12.7. The molecule has 0 amide bonds. The summed E-state index contributed by atoms with van der Waals surface area (Å²) in [4.78, 5) is 0. The second-order valence-corrected chi connectivity index (χ2v) is 5.52. The Bertz CT molecular complexity index is 568. The molecule has 2 aromatic carbocycles. The average Bonchev–Trinajstić information content (AvgIpc) is 2.32. The fourth-order valence-electron chi connectivity index (χ4n) is 2.34. The third-order valence-corrected chi connectivity index (χ3v) is 3.57. The van der Waals surface area contributed by atoms with Gasteiger partial charge in [-0.2, -0.15) is 0 Å². The summed E-state index contributed by atoms with van der Waals surface area (Å²) >= 11 is 0. The zero-order valence-electron chi connectivity index (χ0n) is 11.5. The highest BCUT2D eigenvalue weighted by Gasteiger charge is 2.26. The highest BCUT2D eigenvalue weighted by Crippen LogP contribution is 2.37. The number of aryl methyl sites for hydroxylation is 2. The van der Waals surface area contributed by atoms with E-state index >= 15 is 0 Å². The molecule has 0 saturated heterocycles. The highest BCUT2D eigenvalue weighted by molar-refractivity contribution is 5.47. The molecule has 0 unspecified atom stereocenters. The predicted octanol–water partition coefficient (Wildman–Crippen LogP) is 4.33. The second kappa shape index (κ2) is 4.49. The molecule has 0 bridgehead atoms. The van der Waals surface area contributed by atoms with Gasteiger partial charge in [-0.1, -0.05) is 61.4 Å². The molecule has 0 aliphatic heterocycles. The Morgan fingerprint density at radius 1 is 0.889 bits per heavy atom. The van der Waals surface area contributed by atoms with Gasteiger partial charge in [0, 0.05) is 11.0 Å². The quantitative estimate of drug-likeness (QED) is 0.828. The van der Waals surface area contributed by atoms with Crippen molar-refractivity contribution in [1.82, 2.24) is 0 Å². The van der Waals surface area contributed by atoms with Crippen LogP contribution in [-0.4, -0.2) is 5.11 Å². The molecule has 0 saturated carbocycles. The number of phenols is 1. The van der Waals surface area contributed by atoms with Crippen molar-refractivity contribution in [3.8, 4) is 5.75 Å². The van der Waals surface area contributed by atoms with E-state index in [2.05, 4.69) is 58.0 Å². The maximum Gasteiger partial charge on any atom is 0.119 e. The van der Waals surface area contributed by atoms with Crippen molar-refractivity contribution in [2.45, 2.75) is 33.1 Å². The Balaban J connectivity index is 2.57. The van der Waals surface area contributed by atoms with Gasteiger partial charge >= 0.3 is 0 Å². The number of hydrogen-bond donors (Lipinski definition) is 1. The first-order valence-corrected chi connectivity index (χ1v) is 6.28. The van der Waals surface area contributed by atoms with Gasteiger partial charge in [-0.05, 0) is 25.5 Å². The van der Waals surface area contributed by atoms with Crippen LogP contribution in [0.25, 0.3) is 0 Å². The largest absolute Gasteiger partial charge is 0.508 e. The molecule has 0 aliphatic rings. The summed E-state index contributed by atoms with van der Waals surface area (Å²) in [6.07, 6.45) is 0. The average molecular weight is 240 g/mol. The fraction of sp³-hybridized carbons (Fsp3) is 0.294. The van der Waals surface area contributed by atoms with Gasteiger partial charge in [-0.15, -0.1) is 0 Å². The standard InChI is InChI=1S/C17H20O/c1-12-6-5-7-14(10-12)17(3,4)15-11-13(2)8-9-16(15)18/h5-11,18H,1-4H3. The summed E-state index contributed by atoms with van der Waals surface area (Å²) in [6, 6.07) is 14.2. The van der Waals surface area contributed by atoms with Crippen molar-refractivity contribution in [2.75, 3.05) is 0 Å². The summed E-state index contributed by atoms with van der Waals surface area (Å²) in [5, 5.41) is 10.1. The Kier molecular flexibility index (Phi) is 3.16. The molecule has 2 aromatic rings. The van der Waals surface area contributed by atoms with Crippen molar-refractivity contribution in [3.63, 3.8) is 0 Å². The zero-order valence-corrected chi connectivity index (χ0v) is 11.5. The van der Waals surface area contributed by atoms with Crippen LogP contribution in [0.15, 0.2) is 42.5 Å². The molecule has 1 nitrogen and oxygen atoms in total. The minimum absolute atomic E-state index is 0.192. The van der Waals surface area contributed by atoms with Crippen molar-refractivity contribution in [1.29, 1.82) is 0 Å². The number of phenolic OH excluding ortho intramolecular Hbond substituents is 1. The van der Waals surface area contributed by atoms with Crippen LogP contribution in [0.1, 0.15) is 36.1 Å². The summed E-state index contributed by atoms with van der Waals surface area (Å²) < 4.78 is 0. The molecule has 2 rings (SSSR count). The minimum Gasteiger partial charge on any atom is -0.508 e. The Morgan fingerprint density at radius 3 is 2.22 bits per heavy atom. The first-order valence-electron chi connectivity index (χ1n) is 6.28. The van der Waals surface area contributed by atoms with E-state index in [0.29, 0.717) is 5.75 Å². The lowest BCUT2D eigenvalue weighted by Gasteiger charge is -2.27. The smallest absolute Gasteiger partial charge is 0.119 e. The van der Waals surface area contributed by atoms with E-state index < -0.39 is 0 Å². The highest BCUT2D eigenvalue weighted by atomic mass is 16.3. The van der Waals surface area contributed by atoms with Gasteiger partial charge in [0.25, 0.3) is 0 Å². The van der Waals surface area contributed by atoms with Gasteiger partial charge in [0.2, 0.25) is 0 Å². The van der Waals surface area contributed by atoms with Crippen molar-refractivity contribution in [2.24, 2.45) is 0 Å². The number of hydrogen-bond acceptors (Lipinski definition) is 1. The van der Waals surface area contributed by atoms with Crippen LogP contribution >= 0.6 is 0 Å². The van der Waals surface area contributed by atoms with Gasteiger partial charge < -0.3 is 5.11 Å². The first-order chi connectivity index (χ1) is 8.41. The topological polar surface area (TPSA) is 20.2 Å². The third kappa shape index (κ3) is 2.26. The molecule has 94 valence electrons. The van der Waals surface area contributed by atoms with Crippen LogP contribution in [0.3, 0.4) is 0 Å². The summed E-state index contributed by atoms with van der Waals surface area (Å²) in [6.45, 7) is 8.44. The predicted molar refractivity (Wildman–Crippen MR) is 76.2 cm³/mol. The van der Waals surface area contributed by atoms with Crippen molar-refractivity contribution in [3.05, 3.63) is 64.7 Å². The van der Waals surface area contributed by atoms with Crippen molar-refractivity contribution >= 4 is 0 Å². The van der Waals surface area contributed by atoms with Gasteiger partial charge in [-0.25, -0.2) is 0 Å². The Labute approximate surface area is 109 Å². The number of rotatable bonds is 2. The van der Waals surface area contributed by atoms with Crippen LogP contribution in [0.4, 0.5) is 0 Å². The molecule has 0 heterocycles.